The van der Waals surface area contributed by atoms with Gasteiger partial charge in [0.1, 0.15) is 11.5 Å². The average molecular weight is 377 g/mol. The second kappa shape index (κ2) is 8.67. The van der Waals surface area contributed by atoms with Gasteiger partial charge in [-0.2, -0.15) is 0 Å². The summed E-state index contributed by atoms with van der Waals surface area (Å²) < 4.78 is 5.23. The number of furan rings is 1. The third kappa shape index (κ3) is 4.55. The van der Waals surface area contributed by atoms with Gasteiger partial charge in [-0.15, -0.1) is 0 Å². The van der Waals surface area contributed by atoms with Gasteiger partial charge in [-0.3, -0.25) is 9.69 Å². The number of anilines is 1. The molecule has 0 saturated carbocycles. The van der Waals surface area contributed by atoms with E-state index < -0.39 is 0 Å². The van der Waals surface area contributed by atoms with E-state index in [1.54, 1.807) is 24.6 Å². The lowest BCUT2D eigenvalue weighted by atomic mass is 10.2. The van der Waals surface area contributed by atoms with Crippen LogP contribution < -0.4 is 10.2 Å². The predicted octanol–water partition coefficient (Wildman–Crippen LogP) is 2.32. The fourth-order valence-electron chi connectivity index (χ4n) is 3.25. The number of benzene rings is 1. The van der Waals surface area contributed by atoms with Crippen LogP contribution >= 0.6 is 0 Å². The Morgan fingerprint density at radius 2 is 1.86 bits per heavy atom. The van der Waals surface area contributed by atoms with Crippen LogP contribution in [0.15, 0.2) is 65.4 Å². The highest BCUT2D eigenvalue weighted by molar-refractivity contribution is 5.92. The van der Waals surface area contributed by atoms with Gasteiger partial charge in [-0.1, -0.05) is 30.3 Å². The summed E-state index contributed by atoms with van der Waals surface area (Å²) in [5.41, 5.74) is 1.69. The molecule has 7 nitrogen and oxygen atoms in total. The average Bonchev–Trinajstić information content (AvgIpc) is 3.27. The molecule has 0 aliphatic carbocycles. The topological polar surface area (TPSA) is 74.5 Å². The van der Waals surface area contributed by atoms with Crippen LogP contribution in [0.1, 0.15) is 21.8 Å². The van der Waals surface area contributed by atoms with Crippen molar-refractivity contribution in [1.29, 1.82) is 0 Å². The van der Waals surface area contributed by atoms with Crippen LogP contribution in [0.25, 0.3) is 0 Å². The third-order valence-corrected chi connectivity index (χ3v) is 4.78. The number of hydrogen-bond donors (Lipinski definition) is 1. The summed E-state index contributed by atoms with van der Waals surface area (Å²) in [5.74, 6) is 1.07. The standard InChI is InChI=1S/C21H23N5O2/c27-20(23-15-18-7-4-14-28-18)19-8-9-22-21(24-19)26-12-10-25(11-13-26)16-17-5-2-1-3-6-17/h1-9,14H,10-13,15-16H2,(H,23,27). The smallest absolute Gasteiger partial charge is 0.270 e. The number of nitrogens with zero attached hydrogens (tertiary/aromatic N) is 4. The number of hydrogen-bond acceptors (Lipinski definition) is 6. The van der Waals surface area contributed by atoms with E-state index >= 15 is 0 Å². The number of carbonyl (C=O) groups is 1. The van der Waals surface area contributed by atoms with Crippen LogP contribution in [-0.2, 0) is 13.1 Å². The highest BCUT2D eigenvalue weighted by atomic mass is 16.3. The molecule has 1 fully saturated rings. The van der Waals surface area contributed by atoms with Crippen LogP contribution in [0.3, 0.4) is 0 Å². The number of aromatic nitrogens is 2. The van der Waals surface area contributed by atoms with Crippen molar-refractivity contribution in [1.82, 2.24) is 20.2 Å². The van der Waals surface area contributed by atoms with Crippen molar-refractivity contribution in [2.45, 2.75) is 13.1 Å². The summed E-state index contributed by atoms with van der Waals surface area (Å²) in [6.45, 7) is 4.84. The van der Waals surface area contributed by atoms with Gasteiger partial charge >= 0.3 is 0 Å². The van der Waals surface area contributed by atoms with Crippen LogP contribution in [0.5, 0.6) is 0 Å². The second-order valence-electron chi connectivity index (χ2n) is 6.75. The van der Waals surface area contributed by atoms with E-state index in [1.807, 2.05) is 12.1 Å². The Labute approximate surface area is 164 Å². The molecule has 3 heterocycles. The number of nitrogens with one attached hydrogen (secondary N) is 1. The van der Waals surface area contributed by atoms with Crippen molar-refractivity contribution in [3.8, 4) is 0 Å². The van der Waals surface area contributed by atoms with Gasteiger partial charge in [0.15, 0.2) is 0 Å². The lowest BCUT2D eigenvalue weighted by molar-refractivity contribution is 0.0943. The van der Waals surface area contributed by atoms with Crippen molar-refractivity contribution in [3.63, 3.8) is 0 Å². The summed E-state index contributed by atoms with van der Waals surface area (Å²) >= 11 is 0. The molecule has 1 amide bonds. The van der Waals surface area contributed by atoms with E-state index in [-0.39, 0.29) is 5.91 Å². The summed E-state index contributed by atoms with van der Waals surface area (Å²) in [6, 6.07) is 15.7. The predicted molar refractivity (Wildman–Crippen MR) is 106 cm³/mol. The van der Waals surface area contributed by atoms with Crippen LogP contribution in [0, 0.1) is 0 Å². The van der Waals surface area contributed by atoms with Gasteiger partial charge < -0.3 is 14.6 Å². The van der Waals surface area contributed by atoms with Crippen molar-refractivity contribution in [3.05, 3.63) is 78.0 Å². The first-order valence-corrected chi connectivity index (χ1v) is 9.43. The zero-order valence-corrected chi connectivity index (χ0v) is 15.6. The highest BCUT2D eigenvalue weighted by Crippen LogP contribution is 2.13. The van der Waals surface area contributed by atoms with Gasteiger partial charge in [0.25, 0.3) is 5.91 Å². The number of carbonyl (C=O) groups excluding carboxylic acids is 1. The number of rotatable bonds is 6. The Balaban J connectivity index is 1.32. The summed E-state index contributed by atoms with van der Waals surface area (Å²) in [4.78, 5) is 25.7. The van der Waals surface area contributed by atoms with E-state index in [1.165, 1.54) is 5.56 Å². The lowest BCUT2D eigenvalue weighted by Crippen LogP contribution is -2.46. The number of piperazine rings is 1. The summed E-state index contributed by atoms with van der Waals surface area (Å²) in [5, 5.41) is 2.82. The maximum atomic E-state index is 12.4. The van der Waals surface area contributed by atoms with Crippen LogP contribution in [0.4, 0.5) is 5.95 Å². The van der Waals surface area contributed by atoms with Gasteiger partial charge in [0, 0.05) is 38.9 Å². The largest absolute Gasteiger partial charge is 0.467 e. The third-order valence-electron chi connectivity index (χ3n) is 4.78. The van der Waals surface area contributed by atoms with Gasteiger partial charge in [0.05, 0.1) is 12.8 Å². The molecule has 1 aliphatic rings. The van der Waals surface area contributed by atoms with E-state index in [0.717, 1.165) is 32.7 Å². The highest BCUT2D eigenvalue weighted by Gasteiger charge is 2.20. The summed E-state index contributed by atoms with van der Waals surface area (Å²) in [7, 11) is 0. The Morgan fingerprint density at radius 3 is 2.61 bits per heavy atom. The molecule has 4 rings (SSSR count). The number of amides is 1. The molecule has 2 aromatic heterocycles. The van der Waals surface area contributed by atoms with Crippen LogP contribution in [0.2, 0.25) is 0 Å². The van der Waals surface area contributed by atoms with Crippen molar-refractivity contribution in [2.24, 2.45) is 0 Å². The molecule has 0 bridgehead atoms. The Morgan fingerprint density at radius 1 is 1.04 bits per heavy atom. The monoisotopic (exact) mass is 377 g/mol. The van der Waals surface area contributed by atoms with Gasteiger partial charge in [-0.25, -0.2) is 9.97 Å². The lowest BCUT2D eigenvalue weighted by Gasteiger charge is -2.34. The van der Waals surface area contributed by atoms with E-state index in [0.29, 0.717) is 23.9 Å². The van der Waals surface area contributed by atoms with Crippen molar-refractivity contribution >= 4 is 11.9 Å². The maximum Gasteiger partial charge on any atom is 0.270 e. The fourth-order valence-corrected chi connectivity index (χ4v) is 3.25. The first-order valence-electron chi connectivity index (χ1n) is 9.43. The minimum atomic E-state index is -0.234. The molecule has 144 valence electrons. The molecule has 1 saturated heterocycles. The van der Waals surface area contributed by atoms with E-state index in [2.05, 4.69) is 49.4 Å². The minimum absolute atomic E-state index is 0.234. The first-order chi connectivity index (χ1) is 13.8. The molecule has 0 spiro atoms. The first kappa shape index (κ1) is 18.2. The van der Waals surface area contributed by atoms with E-state index in [9.17, 15) is 4.79 Å². The van der Waals surface area contributed by atoms with Gasteiger partial charge in [0.2, 0.25) is 5.95 Å². The van der Waals surface area contributed by atoms with Crippen molar-refractivity contribution < 1.29 is 9.21 Å². The Bertz CT molecular complexity index is 890. The maximum absolute atomic E-state index is 12.4. The fraction of sp³-hybridized carbons (Fsp3) is 0.286. The molecule has 28 heavy (non-hydrogen) atoms. The molecule has 0 unspecified atom stereocenters. The molecule has 3 aromatic rings. The molecule has 0 radical (unpaired) electrons. The molecule has 0 atom stereocenters. The normalized spacial score (nSPS) is 14.8. The van der Waals surface area contributed by atoms with Gasteiger partial charge in [-0.05, 0) is 23.8 Å². The van der Waals surface area contributed by atoms with E-state index in [4.69, 9.17) is 4.42 Å². The Hall–Kier alpha value is -3.19. The molecule has 7 heteroatoms. The molecule has 1 N–H and O–H groups in total. The minimum Gasteiger partial charge on any atom is -0.467 e. The SMILES string of the molecule is O=C(NCc1ccco1)c1ccnc(N2CCN(Cc3ccccc3)CC2)n1. The zero-order chi connectivity index (χ0) is 19.2. The Kier molecular flexibility index (Phi) is 5.63. The second-order valence-corrected chi connectivity index (χ2v) is 6.75. The molecular weight excluding hydrogens is 354 g/mol. The summed E-state index contributed by atoms with van der Waals surface area (Å²) in [6.07, 6.45) is 3.22. The van der Waals surface area contributed by atoms with Crippen LogP contribution in [-0.4, -0.2) is 47.0 Å². The molecule has 1 aliphatic heterocycles. The molecular formula is C21H23N5O2. The molecule has 1 aromatic carbocycles. The van der Waals surface area contributed by atoms with Crippen molar-refractivity contribution in [2.75, 3.05) is 31.1 Å². The quantitative estimate of drug-likeness (QED) is 0.711. The zero-order valence-electron chi connectivity index (χ0n) is 15.6.